The normalized spacial score (nSPS) is 10.4. The van der Waals surface area contributed by atoms with Crippen molar-refractivity contribution in [3.8, 4) is 11.3 Å². The zero-order chi connectivity index (χ0) is 15.2. The lowest BCUT2D eigenvalue weighted by Gasteiger charge is -2.03. The first-order chi connectivity index (χ1) is 10.8. The molecule has 0 bridgehead atoms. The van der Waals surface area contributed by atoms with Gasteiger partial charge in [0, 0.05) is 41.9 Å². The number of thiazole rings is 1. The van der Waals surface area contributed by atoms with Crippen LogP contribution in [0.1, 0.15) is 11.4 Å². The maximum atomic E-state index is 11.9. The average Bonchev–Trinajstić information content (AvgIpc) is 3.04. The molecule has 0 aliphatic rings. The molecule has 0 atom stereocenters. The Hall–Kier alpha value is -2.53. The molecule has 0 unspecified atom stereocenters. The van der Waals surface area contributed by atoms with E-state index < -0.39 is 0 Å². The third-order valence-corrected chi connectivity index (χ3v) is 4.04. The molecule has 2 heterocycles. The Morgan fingerprint density at radius 2 is 2.00 bits per heavy atom. The minimum Gasteiger partial charge on any atom is -0.326 e. The SMILES string of the molecule is O=C(CCc1nc(-c2cccnc2)cs1)Nc1ccccc1. The number of rotatable bonds is 5. The van der Waals surface area contributed by atoms with E-state index in [1.807, 2.05) is 47.8 Å². The average molecular weight is 309 g/mol. The Kier molecular flexibility index (Phi) is 4.56. The molecule has 0 saturated heterocycles. The van der Waals surface area contributed by atoms with Crippen molar-refractivity contribution in [1.29, 1.82) is 0 Å². The van der Waals surface area contributed by atoms with Crippen molar-refractivity contribution < 1.29 is 4.79 Å². The smallest absolute Gasteiger partial charge is 0.224 e. The van der Waals surface area contributed by atoms with Crippen LogP contribution in [0.3, 0.4) is 0 Å². The Morgan fingerprint density at radius 3 is 2.77 bits per heavy atom. The van der Waals surface area contributed by atoms with E-state index in [0.29, 0.717) is 12.8 Å². The summed E-state index contributed by atoms with van der Waals surface area (Å²) < 4.78 is 0. The molecule has 0 spiro atoms. The lowest BCUT2D eigenvalue weighted by Crippen LogP contribution is -2.12. The molecule has 1 N–H and O–H groups in total. The number of hydrogen-bond donors (Lipinski definition) is 1. The molecular formula is C17H15N3OS. The maximum Gasteiger partial charge on any atom is 0.224 e. The zero-order valence-electron chi connectivity index (χ0n) is 11.9. The second-order valence-electron chi connectivity index (χ2n) is 4.78. The molecule has 1 aromatic carbocycles. The van der Waals surface area contributed by atoms with E-state index >= 15 is 0 Å². The molecule has 0 fully saturated rings. The summed E-state index contributed by atoms with van der Waals surface area (Å²) in [7, 11) is 0. The molecule has 3 rings (SSSR count). The highest BCUT2D eigenvalue weighted by molar-refractivity contribution is 7.09. The number of nitrogens with one attached hydrogen (secondary N) is 1. The number of carbonyl (C=O) groups excluding carboxylic acids is 1. The summed E-state index contributed by atoms with van der Waals surface area (Å²) in [6, 6.07) is 13.3. The van der Waals surface area contributed by atoms with Gasteiger partial charge in [-0.2, -0.15) is 0 Å². The molecule has 22 heavy (non-hydrogen) atoms. The third-order valence-electron chi connectivity index (χ3n) is 3.13. The van der Waals surface area contributed by atoms with Crippen LogP contribution in [-0.2, 0) is 11.2 Å². The number of carbonyl (C=O) groups is 1. The predicted octanol–water partition coefficient (Wildman–Crippen LogP) is 3.78. The Labute approximate surface area is 132 Å². The summed E-state index contributed by atoms with van der Waals surface area (Å²) in [5.74, 6) is 0.00401. The number of para-hydroxylation sites is 1. The molecule has 0 saturated carbocycles. The van der Waals surface area contributed by atoms with Gasteiger partial charge >= 0.3 is 0 Å². The number of pyridine rings is 1. The highest BCUT2D eigenvalue weighted by atomic mass is 32.1. The van der Waals surface area contributed by atoms with Crippen LogP contribution in [0.4, 0.5) is 5.69 Å². The zero-order valence-corrected chi connectivity index (χ0v) is 12.7. The molecule has 0 radical (unpaired) electrons. The first kappa shape index (κ1) is 14.4. The van der Waals surface area contributed by atoms with Gasteiger partial charge < -0.3 is 5.32 Å². The Balaban J connectivity index is 1.56. The summed E-state index contributed by atoms with van der Waals surface area (Å²) in [6.45, 7) is 0. The number of benzene rings is 1. The van der Waals surface area contributed by atoms with Crippen LogP contribution in [0.2, 0.25) is 0 Å². The van der Waals surface area contributed by atoms with Crippen molar-refractivity contribution in [3.63, 3.8) is 0 Å². The second kappa shape index (κ2) is 6.95. The van der Waals surface area contributed by atoms with E-state index in [-0.39, 0.29) is 5.91 Å². The van der Waals surface area contributed by atoms with Crippen LogP contribution in [0.15, 0.2) is 60.2 Å². The van der Waals surface area contributed by atoms with Crippen LogP contribution >= 0.6 is 11.3 Å². The van der Waals surface area contributed by atoms with E-state index in [4.69, 9.17) is 0 Å². The monoisotopic (exact) mass is 309 g/mol. The largest absolute Gasteiger partial charge is 0.326 e. The molecule has 110 valence electrons. The van der Waals surface area contributed by atoms with Gasteiger partial charge in [-0.15, -0.1) is 11.3 Å². The van der Waals surface area contributed by atoms with E-state index in [1.165, 1.54) is 0 Å². The molecule has 0 aliphatic heterocycles. The van der Waals surface area contributed by atoms with Crippen molar-refractivity contribution in [3.05, 3.63) is 65.2 Å². The quantitative estimate of drug-likeness (QED) is 0.780. The van der Waals surface area contributed by atoms with Crippen molar-refractivity contribution >= 4 is 22.9 Å². The van der Waals surface area contributed by atoms with Gasteiger partial charge in [0.05, 0.1) is 10.7 Å². The summed E-state index contributed by atoms with van der Waals surface area (Å²) >= 11 is 1.57. The van der Waals surface area contributed by atoms with Crippen LogP contribution in [0, 0.1) is 0 Å². The Morgan fingerprint density at radius 1 is 1.14 bits per heavy atom. The molecule has 5 heteroatoms. The molecule has 1 amide bonds. The molecule has 4 nitrogen and oxygen atoms in total. The fraction of sp³-hybridized carbons (Fsp3) is 0.118. The van der Waals surface area contributed by atoms with Gasteiger partial charge in [0.15, 0.2) is 0 Å². The van der Waals surface area contributed by atoms with Gasteiger partial charge in [-0.25, -0.2) is 4.98 Å². The standard InChI is InChI=1S/C17H15N3OS/c21-16(19-14-6-2-1-3-7-14)8-9-17-20-15(12-22-17)13-5-4-10-18-11-13/h1-7,10-12H,8-9H2,(H,19,21). The van der Waals surface area contributed by atoms with Crippen molar-refractivity contribution in [1.82, 2.24) is 9.97 Å². The van der Waals surface area contributed by atoms with E-state index in [2.05, 4.69) is 15.3 Å². The van der Waals surface area contributed by atoms with Gasteiger partial charge in [0.1, 0.15) is 0 Å². The van der Waals surface area contributed by atoms with Crippen LogP contribution in [0.5, 0.6) is 0 Å². The minimum atomic E-state index is 0.00401. The van der Waals surface area contributed by atoms with Gasteiger partial charge in [-0.3, -0.25) is 9.78 Å². The topological polar surface area (TPSA) is 54.9 Å². The number of nitrogens with zero attached hydrogens (tertiary/aromatic N) is 2. The maximum absolute atomic E-state index is 11.9. The summed E-state index contributed by atoms with van der Waals surface area (Å²) in [4.78, 5) is 20.6. The first-order valence-corrected chi connectivity index (χ1v) is 7.89. The number of aryl methyl sites for hydroxylation is 1. The number of hydrogen-bond acceptors (Lipinski definition) is 4. The summed E-state index contributed by atoms with van der Waals surface area (Å²) in [5.41, 5.74) is 2.73. The van der Waals surface area contributed by atoms with E-state index in [0.717, 1.165) is 22.0 Å². The van der Waals surface area contributed by atoms with Crippen molar-refractivity contribution in [2.45, 2.75) is 12.8 Å². The van der Waals surface area contributed by atoms with Gasteiger partial charge in [0.2, 0.25) is 5.91 Å². The molecule has 0 aliphatic carbocycles. The van der Waals surface area contributed by atoms with Crippen molar-refractivity contribution in [2.75, 3.05) is 5.32 Å². The molecule has 3 aromatic rings. The predicted molar refractivity (Wildman–Crippen MR) is 88.7 cm³/mol. The highest BCUT2D eigenvalue weighted by Crippen LogP contribution is 2.21. The lowest BCUT2D eigenvalue weighted by atomic mass is 10.2. The number of aromatic nitrogens is 2. The Bertz CT molecular complexity index is 741. The fourth-order valence-corrected chi connectivity index (χ4v) is 2.85. The van der Waals surface area contributed by atoms with E-state index in [9.17, 15) is 4.79 Å². The highest BCUT2D eigenvalue weighted by Gasteiger charge is 2.07. The molecule has 2 aromatic heterocycles. The van der Waals surface area contributed by atoms with Gasteiger partial charge in [0.25, 0.3) is 0 Å². The minimum absolute atomic E-state index is 0.00401. The van der Waals surface area contributed by atoms with Gasteiger partial charge in [-0.1, -0.05) is 18.2 Å². The van der Waals surface area contributed by atoms with Crippen LogP contribution in [0.25, 0.3) is 11.3 Å². The fourth-order valence-electron chi connectivity index (χ4n) is 2.04. The third kappa shape index (κ3) is 3.77. The van der Waals surface area contributed by atoms with Crippen molar-refractivity contribution in [2.24, 2.45) is 0 Å². The first-order valence-electron chi connectivity index (χ1n) is 7.01. The number of amides is 1. The van der Waals surface area contributed by atoms with E-state index in [1.54, 1.807) is 23.7 Å². The van der Waals surface area contributed by atoms with Crippen LogP contribution < -0.4 is 5.32 Å². The second-order valence-corrected chi connectivity index (χ2v) is 5.73. The number of anilines is 1. The van der Waals surface area contributed by atoms with Crippen LogP contribution in [-0.4, -0.2) is 15.9 Å². The lowest BCUT2D eigenvalue weighted by molar-refractivity contribution is -0.116. The summed E-state index contributed by atoms with van der Waals surface area (Å²) in [6.07, 6.45) is 4.60. The summed E-state index contributed by atoms with van der Waals surface area (Å²) in [5, 5.41) is 5.84. The molecular weight excluding hydrogens is 294 g/mol. The van der Waals surface area contributed by atoms with Gasteiger partial charge in [-0.05, 0) is 24.3 Å².